The van der Waals surface area contributed by atoms with Crippen molar-refractivity contribution in [2.75, 3.05) is 0 Å². The highest BCUT2D eigenvalue weighted by Crippen LogP contribution is 2.18. The molecule has 0 radical (unpaired) electrons. The summed E-state index contributed by atoms with van der Waals surface area (Å²) in [5.41, 5.74) is 1.18. The number of aldehydes is 1. The van der Waals surface area contributed by atoms with E-state index in [-0.39, 0.29) is 0 Å². The third-order valence-electron chi connectivity index (χ3n) is 2.17. The van der Waals surface area contributed by atoms with Gasteiger partial charge in [0.2, 0.25) is 0 Å². The molecule has 16 heavy (non-hydrogen) atoms. The van der Waals surface area contributed by atoms with Crippen molar-refractivity contribution < 1.29 is 9.53 Å². The number of thiophene rings is 1. The molecule has 0 atom stereocenters. The second-order valence-electron chi connectivity index (χ2n) is 3.53. The normalized spacial score (nSPS) is 10.1. The summed E-state index contributed by atoms with van der Waals surface area (Å²) in [6.07, 6.45) is 0.862. The standard InChI is InChI=1S/C13H12O2S/c1-10-3-2-4-11(7-10)15-9-13-6-5-12(8-14)16-13/h2-8H,9H2,1H3. The monoisotopic (exact) mass is 232 g/mol. The molecule has 0 spiro atoms. The molecule has 0 saturated carbocycles. The Morgan fingerprint density at radius 3 is 2.88 bits per heavy atom. The molecule has 2 aromatic rings. The Labute approximate surface area is 98.5 Å². The number of carbonyl (C=O) groups is 1. The van der Waals surface area contributed by atoms with Gasteiger partial charge in [-0.15, -0.1) is 11.3 Å². The minimum atomic E-state index is 0.516. The van der Waals surface area contributed by atoms with Crippen LogP contribution in [0, 0.1) is 6.92 Å². The van der Waals surface area contributed by atoms with Crippen LogP contribution in [0.25, 0.3) is 0 Å². The van der Waals surface area contributed by atoms with Crippen molar-refractivity contribution in [1.29, 1.82) is 0 Å². The maximum Gasteiger partial charge on any atom is 0.160 e. The van der Waals surface area contributed by atoms with E-state index in [0.29, 0.717) is 6.61 Å². The molecule has 0 saturated heterocycles. The molecule has 0 unspecified atom stereocenters. The number of hydrogen-bond donors (Lipinski definition) is 0. The summed E-state index contributed by atoms with van der Waals surface area (Å²) in [5.74, 6) is 0.862. The van der Waals surface area contributed by atoms with Crippen LogP contribution in [0.2, 0.25) is 0 Å². The Hall–Kier alpha value is -1.61. The first-order valence-electron chi connectivity index (χ1n) is 5.01. The maximum atomic E-state index is 10.5. The first-order chi connectivity index (χ1) is 7.78. The van der Waals surface area contributed by atoms with Crippen LogP contribution in [0.3, 0.4) is 0 Å². The smallest absolute Gasteiger partial charge is 0.160 e. The number of carbonyl (C=O) groups excluding carboxylic acids is 1. The molecule has 2 rings (SSSR count). The van der Waals surface area contributed by atoms with E-state index in [4.69, 9.17) is 4.74 Å². The largest absolute Gasteiger partial charge is 0.488 e. The van der Waals surface area contributed by atoms with Crippen LogP contribution in [0.15, 0.2) is 36.4 Å². The van der Waals surface area contributed by atoms with Crippen LogP contribution < -0.4 is 4.74 Å². The van der Waals surface area contributed by atoms with Crippen molar-refractivity contribution in [3.8, 4) is 5.75 Å². The van der Waals surface area contributed by atoms with Crippen molar-refractivity contribution in [2.45, 2.75) is 13.5 Å². The molecule has 1 aromatic carbocycles. The minimum absolute atomic E-state index is 0.516. The Morgan fingerprint density at radius 1 is 1.31 bits per heavy atom. The zero-order valence-corrected chi connectivity index (χ0v) is 9.79. The van der Waals surface area contributed by atoms with Crippen LogP contribution in [-0.2, 0) is 6.61 Å². The van der Waals surface area contributed by atoms with Crippen molar-refractivity contribution in [3.05, 3.63) is 51.7 Å². The second-order valence-corrected chi connectivity index (χ2v) is 4.73. The molecule has 0 aliphatic rings. The van der Waals surface area contributed by atoms with Gasteiger partial charge in [0.1, 0.15) is 12.4 Å². The van der Waals surface area contributed by atoms with E-state index in [9.17, 15) is 4.79 Å². The molecule has 0 bridgehead atoms. The van der Waals surface area contributed by atoms with Gasteiger partial charge in [0, 0.05) is 4.88 Å². The highest BCUT2D eigenvalue weighted by molar-refractivity contribution is 7.13. The zero-order chi connectivity index (χ0) is 11.4. The highest BCUT2D eigenvalue weighted by Gasteiger charge is 2.00. The number of benzene rings is 1. The van der Waals surface area contributed by atoms with Crippen molar-refractivity contribution in [2.24, 2.45) is 0 Å². The lowest BCUT2D eigenvalue weighted by atomic mass is 10.2. The third kappa shape index (κ3) is 2.70. The van der Waals surface area contributed by atoms with E-state index >= 15 is 0 Å². The van der Waals surface area contributed by atoms with Crippen LogP contribution in [0.5, 0.6) is 5.75 Å². The molecule has 0 amide bonds. The third-order valence-corrected chi connectivity index (χ3v) is 3.15. The van der Waals surface area contributed by atoms with Gasteiger partial charge in [-0.05, 0) is 36.8 Å². The highest BCUT2D eigenvalue weighted by atomic mass is 32.1. The van der Waals surface area contributed by atoms with Gasteiger partial charge >= 0.3 is 0 Å². The van der Waals surface area contributed by atoms with E-state index < -0.39 is 0 Å². The molecule has 3 heteroatoms. The second kappa shape index (κ2) is 4.94. The van der Waals surface area contributed by atoms with E-state index in [0.717, 1.165) is 21.8 Å². The molecule has 1 heterocycles. The van der Waals surface area contributed by atoms with Crippen molar-refractivity contribution >= 4 is 17.6 Å². The molecule has 1 aromatic heterocycles. The number of aryl methyl sites for hydroxylation is 1. The molecule has 0 aliphatic heterocycles. The summed E-state index contributed by atoms with van der Waals surface area (Å²) >= 11 is 1.46. The quantitative estimate of drug-likeness (QED) is 0.755. The zero-order valence-electron chi connectivity index (χ0n) is 8.97. The topological polar surface area (TPSA) is 26.3 Å². The fourth-order valence-corrected chi connectivity index (χ4v) is 2.14. The lowest BCUT2D eigenvalue weighted by molar-refractivity contribution is 0.112. The van der Waals surface area contributed by atoms with Gasteiger partial charge in [-0.25, -0.2) is 0 Å². The molecule has 0 fully saturated rings. The van der Waals surface area contributed by atoms with Crippen LogP contribution in [0.4, 0.5) is 0 Å². The maximum absolute atomic E-state index is 10.5. The predicted molar refractivity (Wildman–Crippen MR) is 65.2 cm³/mol. The average Bonchev–Trinajstić information content (AvgIpc) is 2.74. The SMILES string of the molecule is Cc1cccc(OCc2ccc(C=O)s2)c1. The minimum Gasteiger partial charge on any atom is -0.488 e. The van der Waals surface area contributed by atoms with E-state index in [1.54, 1.807) is 0 Å². The predicted octanol–water partition coefficient (Wildman–Crippen LogP) is 3.45. The fourth-order valence-electron chi connectivity index (χ4n) is 1.40. The average molecular weight is 232 g/mol. The van der Waals surface area contributed by atoms with Crippen LogP contribution >= 0.6 is 11.3 Å². The molecule has 0 aliphatic carbocycles. The lowest BCUT2D eigenvalue weighted by Crippen LogP contribution is -1.92. The molecule has 2 nitrogen and oxygen atoms in total. The molecular weight excluding hydrogens is 220 g/mol. The van der Waals surface area contributed by atoms with E-state index in [2.05, 4.69) is 0 Å². The van der Waals surface area contributed by atoms with Gasteiger partial charge in [-0.1, -0.05) is 12.1 Å². The summed E-state index contributed by atoms with van der Waals surface area (Å²) in [6, 6.07) is 11.7. The summed E-state index contributed by atoms with van der Waals surface area (Å²) in [7, 11) is 0. The summed E-state index contributed by atoms with van der Waals surface area (Å²) in [6.45, 7) is 2.55. The Kier molecular flexibility index (Phi) is 3.37. The van der Waals surface area contributed by atoms with Crippen molar-refractivity contribution in [1.82, 2.24) is 0 Å². The fraction of sp³-hybridized carbons (Fsp3) is 0.154. The summed E-state index contributed by atoms with van der Waals surface area (Å²) < 4.78 is 5.63. The van der Waals surface area contributed by atoms with Gasteiger partial charge in [0.05, 0.1) is 4.88 Å². The number of hydrogen-bond acceptors (Lipinski definition) is 3. The number of ether oxygens (including phenoxy) is 1. The van der Waals surface area contributed by atoms with E-state index in [1.165, 1.54) is 16.9 Å². The summed E-state index contributed by atoms with van der Waals surface area (Å²) in [5, 5.41) is 0. The first-order valence-corrected chi connectivity index (χ1v) is 5.83. The van der Waals surface area contributed by atoms with Crippen molar-refractivity contribution in [3.63, 3.8) is 0 Å². The Bertz CT molecular complexity index is 488. The van der Waals surface area contributed by atoms with Gasteiger partial charge in [0.15, 0.2) is 6.29 Å². The van der Waals surface area contributed by atoms with E-state index in [1.807, 2.05) is 43.3 Å². The van der Waals surface area contributed by atoms with Gasteiger partial charge in [-0.3, -0.25) is 4.79 Å². The first kappa shape index (κ1) is 10.9. The molecule has 82 valence electrons. The van der Waals surface area contributed by atoms with Crippen LogP contribution in [0.1, 0.15) is 20.1 Å². The van der Waals surface area contributed by atoms with Gasteiger partial charge in [0.25, 0.3) is 0 Å². The lowest BCUT2D eigenvalue weighted by Gasteiger charge is -2.04. The van der Waals surface area contributed by atoms with Gasteiger partial charge in [-0.2, -0.15) is 0 Å². The summed E-state index contributed by atoms with van der Waals surface area (Å²) in [4.78, 5) is 12.3. The number of rotatable bonds is 4. The molecule has 0 N–H and O–H groups in total. The van der Waals surface area contributed by atoms with Crippen LogP contribution in [-0.4, -0.2) is 6.29 Å². The Balaban J connectivity index is 1.99. The van der Waals surface area contributed by atoms with Gasteiger partial charge < -0.3 is 4.74 Å². The molecular formula is C13H12O2S. The Morgan fingerprint density at radius 2 is 2.19 bits per heavy atom.